The first kappa shape index (κ1) is 15.4. The molecule has 0 spiro atoms. The number of hydrazone groups is 1. The molecule has 1 heterocycles. The molecule has 0 saturated heterocycles. The van der Waals surface area contributed by atoms with E-state index in [2.05, 4.69) is 15.5 Å². The molecule has 1 aromatic carbocycles. The molecule has 0 bridgehead atoms. The molecule has 2 aromatic rings. The van der Waals surface area contributed by atoms with Gasteiger partial charge in [0.25, 0.3) is 0 Å². The van der Waals surface area contributed by atoms with Crippen LogP contribution in [0.25, 0.3) is 0 Å². The van der Waals surface area contributed by atoms with Crippen molar-refractivity contribution >= 4 is 11.6 Å². The lowest BCUT2D eigenvalue weighted by Crippen LogP contribution is -2.29. The lowest BCUT2D eigenvalue weighted by atomic mass is 9.89. The Balaban J connectivity index is 1.82. The average Bonchev–Trinajstić information content (AvgIpc) is 2.64. The van der Waals surface area contributed by atoms with Crippen LogP contribution in [-0.2, 0) is 4.79 Å². The number of pyridine rings is 1. The molecule has 1 fully saturated rings. The number of amides is 1. The summed E-state index contributed by atoms with van der Waals surface area (Å²) in [6.45, 7) is 0. The van der Waals surface area contributed by atoms with Gasteiger partial charge in [-0.1, -0.05) is 49.6 Å². The Morgan fingerprint density at radius 2 is 1.74 bits per heavy atom. The molecule has 1 aliphatic rings. The summed E-state index contributed by atoms with van der Waals surface area (Å²) in [7, 11) is 0. The van der Waals surface area contributed by atoms with Crippen LogP contribution in [0.5, 0.6) is 0 Å². The molecule has 0 atom stereocenters. The minimum absolute atomic E-state index is 0.0296. The van der Waals surface area contributed by atoms with Crippen LogP contribution in [0.2, 0.25) is 0 Å². The smallest absolute Gasteiger partial charge is 0.243 e. The molecule has 118 valence electrons. The van der Waals surface area contributed by atoms with Crippen molar-refractivity contribution in [2.24, 2.45) is 11.0 Å². The number of rotatable bonds is 4. The van der Waals surface area contributed by atoms with Crippen LogP contribution in [0.15, 0.2) is 60.0 Å². The van der Waals surface area contributed by atoms with E-state index in [0.29, 0.717) is 0 Å². The van der Waals surface area contributed by atoms with Crippen LogP contribution in [-0.4, -0.2) is 16.6 Å². The molecule has 4 heteroatoms. The molecule has 1 N–H and O–H groups in total. The summed E-state index contributed by atoms with van der Waals surface area (Å²) < 4.78 is 0. The Hall–Kier alpha value is -2.49. The van der Waals surface area contributed by atoms with Gasteiger partial charge in [0.15, 0.2) is 0 Å². The van der Waals surface area contributed by atoms with Gasteiger partial charge in [0.1, 0.15) is 0 Å². The summed E-state index contributed by atoms with van der Waals surface area (Å²) in [6.07, 6.45) is 8.93. The SMILES string of the molecule is O=C(N/N=C(\c1ccccc1)c1cccnc1)C1CCCCC1. The molecule has 1 aromatic heterocycles. The van der Waals surface area contributed by atoms with Crippen molar-refractivity contribution in [3.05, 3.63) is 66.0 Å². The molecular formula is C19H21N3O. The van der Waals surface area contributed by atoms with Crippen LogP contribution >= 0.6 is 0 Å². The lowest BCUT2D eigenvalue weighted by molar-refractivity contribution is -0.125. The van der Waals surface area contributed by atoms with Crippen molar-refractivity contribution in [1.29, 1.82) is 0 Å². The third kappa shape index (κ3) is 4.03. The summed E-state index contributed by atoms with van der Waals surface area (Å²) in [5, 5.41) is 4.42. The normalized spacial score (nSPS) is 16.1. The van der Waals surface area contributed by atoms with Gasteiger partial charge in [-0.25, -0.2) is 5.43 Å². The lowest BCUT2D eigenvalue weighted by Gasteiger charge is -2.19. The maximum atomic E-state index is 12.3. The first-order chi connectivity index (χ1) is 11.3. The Morgan fingerprint density at radius 1 is 1.00 bits per heavy atom. The molecular weight excluding hydrogens is 286 g/mol. The second kappa shape index (κ2) is 7.68. The van der Waals surface area contributed by atoms with E-state index in [1.54, 1.807) is 12.4 Å². The van der Waals surface area contributed by atoms with Crippen LogP contribution < -0.4 is 5.43 Å². The van der Waals surface area contributed by atoms with Crippen molar-refractivity contribution in [2.45, 2.75) is 32.1 Å². The van der Waals surface area contributed by atoms with Crippen molar-refractivity contribution < 1.29 is 4.79 Å². The van der Waals surface area contributed by atoms with Crippen LogP contribution in [0.4, 0.5) is 0 Å². The second-order valence-electron chi connectivity index (χ2n) is 5.88. The number of nitrogens with zero attached hydrogens (tertiary/aromatic N) is 2. The van der Waals surface area contributed by atoms with Crippen molar-refractivity contribution in [3.8, 4) is 0 Å². The van der Waals surface area contributed by atoms with Crippen molar-refractivity contribution in [2.75, 3.05) is 0 Å². The van der Waals surface area contributed by atoms with E-state index in [9.17, 15) is 4.79 Å². The predicted molar refractivity (Wildman–Crippen MR) is 91.0 cm³/mol. The zero-order chi connectivity index (χ0) is 15.9. The highest BCUT2D eigenvalue weighted by Crippen LogP contribution is 2.23. The average molecular weight is 307 g/mol. The monoisotopic (exact) mass is 307 g/mol. The summed E-state index contributed by atoms with van der Waals surface area (Å²) in [6, 6.07) is 13.7. The first-order valence-corrected chi connectivity index (χ1v) is 8.18. The zero-order valence-electron chi connectivity index (χ0n) is 13.1. The van der Waals surface area contributed by atoms with Gasteiger partial charge in [-0.15, -0.1) is 0 Å². The Kier molecular flexibility index (Phi) is 5.14. The van der Waals surface area contributed by atoms with Gasteiger partial charge >= 0.3 is 0 Å². The van der Waals surface area contributed by atoms with Gasteiger partial charge in [-0.3, -0.25) is 9.78 Å². The highest BCUT2D eigenvalue weighted by atomic mass is 16.2. The number of hydrogen-bond acceptors (Lipinski definition) is 3. The summed E-state index contributed by atoms with van der Waals surface area (Å²) in [5.74, 6) is 0.125. The van der Waals surface area contributed by atoms with Crippen molar-refractivity contribution in [3.63, 3.8) is 0 Å². The Bertz CT molecular complexity index is 620. The van der Waals surface area contributed by atoms with E-state index in [-0.39, 0.29) is 11.8 Å². The maximum Gasteiger partial charge on any atom is 0.243 e. The summed E-state index contributed by atoms with van der Waals surface area (Å²) in [5.41, 5.74) is 5.36. The number of aromatic nitrogens is 1. The minimum atomic E-state index is 0.0296. The Labute approximate surface area is 136 Å². The van der Waals surface area contributed by atoms with Gasteiger partial charge < -0.3 is 0 Å². The summed E-state index contributed by atoms with van der Waals surface area (Å²) in [4.78, 5) is 16.5. The summed E-state index contributed by atoms with van der Waals surface area (Å²) >= 11 is 0. The van der Waals surface area contributed by atoms with Gasteiger partial charge in [-0.2, -0.15) is 5.10 Å². The molecule has 1 aliphatic carbocycles. The molecule has 0 aliphatic heterocycles. The topological polar surface area (TPSA) is 54.4 Å². The van der Waals surface area contributed by atoms with E-state index in [4.69, 9.17) is 0 Å². The van der Waals surface area contributed by atoms with Gasteiger partial charge in [0, 0.05) is 29.4 Å². The predicted octanol–water partition coefficient (Wildman–Crippen LogP) is 3.53. The van der Waals surface area contributed by atoms with Gasteiger partial charge in [0.2, 0.25) is 5.91 Å². The molecule has 1 amide bonds. The molecule has 1 saturated carbocycles. The van der Waals surface area contributed by atoms with Gasteiger partial charge in [-0.05, 0) is 25.0 Å². The van der Waals surface area contributed by atoms with E-state index >= 15 is 0 Å². The van der Waals surface area contributed by atoms with E-state index in [1.165, 1.54) is 6.42 Å². The highest BCUT2D eigenvalue weighted by Gasteiger charge is 2.21. The maximum absolute atomic E-state index is 12.3. The molecule has 0 unspecified atom stereocenters. The molecule has 4 nitrogen and oxygen atoms in total. The highest BCUT2D eigenvalue weighted by molar-refractivity contribution is 6.12. The fraction of sp³-hybridized carbons (Fsp3) is 0.316. The van der Waals surface area contributed by atoms with Crippen LogP contribution in [0.1, 0.15) is 43.2 Å². The quantitative estimate of drug-likeness (QED) is 0.694. The number of carbonyl (C=O) groups excluding carboxylic acids is 1. The second-order valence-corrected chi connectivity index (χ2v) is 5.88. The fourth-order valence-electron chi connectivity index (χ4n) is 2.96. The molecule has 3 rings (SSSR count). The largest absolute Gasteiger partial charge is 0.273 e. The van der Waals surface area contributed by atoms with E-state index < -0.39 is 0 Å². The van der Waals surface area contributed by atoms with Crippen LogP contribution in [0.3, 0.4) is 0 Å². The number of carbonyl (C=O) groups is 1. The number of hydrogen-bond donors (Lipinski definition) is 1. The molecule has 23 heavy (non-hydrogen) atoms. The number of benzene rings is 1. The third-order valence-corrected chi connectivity index (χ3v) is 4.24. The molecule has 0 radical (unpaired) electrons. The van der Waals surface area contributed by atoms with Crippen molar-refractivity contribution in [1.82, 2.24) is 10.4 Å². The van der Waals surface area contributed by atoms with Crippen LogP contribution in [0, 0.1) is 5.92 Å². The number of nitrogens with one attached hydrogen (secondary N) is 1. The first-order valence-electron chi connectivity index (χ1n) is 8.18. The minimum Gasteiger partial charge on any atom is -0.273 e. The van der Waals surface area contributed by atoms with Gasteiger partial charge in [0.05, 0.1) is 5.71 Å². The zero-order valence-corrected chi connectivity index (χ0v) is 13.1. The standard InChI is InChI=1S/C19H21N3O/c23-19(16-10-5-2-6-11-16)22-21-18(15-8-3-1-4-9-15)17-12-7-13-20-14-17/h1,3-4,7-9,12-14,16H,2,5-6,10-11H2,(H,22,23)/b21-18+. The fourth-order valence-corrected chi connectivity index (χ4v) is 2.96. The van der Waals surface area contributed by atoms with E-state index in [0.717, 1.165) is 42.5 Å². The Morgan fingerprint density at radius 3 is 2.43 bits per heavy atom. The van der Waals surface area contributed by atoms with E-state index in [1.807, 2.05) is 42.5 Å². The third-order valence-electron chi connectivity index (χ3n) is 4.24.